The third-order valence-electron chi connectivity index (χ3n) is 3.77. The fourth-order valence-electron chi connectivity index (χ4n) is 2.57. The second-order valence-electron chi connectivity index (χ2n) is 6.82. The van der Waals surface area contributed by atoms with E-state index in [9.17, 15) is 14.9 Å². The molecule has 1 aliphatic rings. The minimum Gasteiger partial charge on any atom is -0.476 e. The Morgan fingerprint density at radius 3 is 2.62 bits per heavy atom. The molecule has 0 aromatic carbocycles. The second kappa shape index (κ2) is 7.55. The van der Waals surface area contributed by atoms with Crippen molar-refractivity contribution in [2.24, 2.45) is 0 Å². The second-order valence-corrected chi connectivity index (χ2v) is 6.82. The van der Waals surface area contributed by atoms with Gasteiger partial charge in [-0.05, 0) is 32.8 Å². The van der Waals surface area contributed by atoms with Gasteiger partial charge >= 0.3 is 11.8 Å². The Kier molecular flexibility index (Phi) is 5.64. The number of rotatable bonds is 4. The van der Waals surface area contributed by atoms with Gasteiger partial charge in [0.15, 0.2) is 0 Å². The summed E-state index contributed by atoms with van der Waals surface area (Å²) in [5, 5.41) is 11.1. The highest BCUT2D eigenvalue weighted by atomic mass is 16.6. The van der Waals surface area contributed by atoms with Crippen LogP contribution in [0.5, 0.6) is 5.88 Å². The van der Waals surface area contributed by atoms with Crippen LogP contribution in [0.2, 0.25) is 0 Å². The van der Waals surface area contributed by atoms with Gasteiger partial charge in [0.05, 0.1) is 17.7 Å². The first-order valence-electron chi connectivity index (χ1n) is 8.19. The van der Waals surface area contributed by atoms with Crippen LogP contribution in [-0.2, 0) is 4.74 Å². The Balaban J connectivity index is 2.28. The average molecular weight is 361 g/mol. The van der Waals surface area contributed by atoms with Crippen LogP contribution in [0.25, 0.3) is 11.6 Å². The van der Waals surface area contributed by atoms with Gasteiger partial charge in [-0.1, -0.05) is 18.7 Å². The fourth-order valence-corrected chi connectivity index (χ4v) is 2.57. The van der Waals surface area contributed by atoms with Gasteiger partial charge in [0.25, 0.3) is 5.88 Å². The van der Waals surface area contributed by atoms with Crippen molar-refractivity contribution in [2.45, 2.75) is 32.8 Å². The number of hydrogen-bond donors (Lipinski definition) is 0. The van der Waals surface area contributed by atoms with E-state index in [0.717, 1.165) is 5.57 Å². The Hall–Kier alpha value is -2.90. The van der Waals surface area contributed by atoms with E-state index in [1.165, 1.54) is 19.3 Å². The molecule has 0 radical (unpaired) electrons. The summed E-state index contributed by atoms with van der Waals surface area (Å²) < 4.78 is 10.4. The molecule has 8 heteroatoms. The summed E-state index contributed by atoms with van der Waals surface area (Å²) in [6.45, 7) is 10.0. The van der Waals surface area contributed by atoms with Gasteiger partial charge in [-0.3, -0.25) is 10.1 Å². The first kappa shape index (κ1) is 19.4. The lowest BCUT2D eigenvalue weighted by molar-refractivity contribution is -0.386. The molecule has 0 atom stereocenters. The maximum atomic E-state index is 12.1. The van der Waals surface area contributed by atoms with Crippen LogP contribution in [0.3, 0.4) is 0 Å². The van der Waals surface area contributed by atoms with Crippen LogP contribution in [-0.4, -0.2) is 46.7 Å². The molecule has 8 nitrogen and oxygen atoms in total. The monoisotopic (exact) mass is 361 g/mol. The Bertz CT molecular complexity index is 765. The highest BCUT2D eigenvalue weighted by molar-refractivity contribution is 5.76. The lowest BCUT2D eigenvalue weighted by Crippen LogP contribution is -2.39. The maximum absolute atomic E-state index is 12.1. The number of ether oxygens (including phenoxy) is 2. The number of nitro groups is 1. The quantitative estimate of drug-likeness (QED) is 0.600. The van der Waals surface area contributed by atoms with E-state index in [2.05, 4.69) is 11.6 Å². The molecule has 1 aliphatic heterocycles. The van der Waals surface area contributed by atoms with Gasteiger partial charge in [0.1, 0.15) is 5.60 Å². The average Bonchev–Trinajstić information content (AvgIpc) is 2.59. The third-order valence-corrected chi connectivity index (χ3v) is 3.77. The highest BCUT2D eigenvalue weighted by Crippen LogP contribution is 2.33. The molecule has 1 aromatic heterocycles. The minimum absolute atomic E-state index is 0.0499. The largest absolute Gasteiger partial charge is 0.476 e. The van der Waals surface area contributed by atoms with Crippen molar-refractivity contribution in [1.82, 2.24) is 9.88 Å². The zero-order chi connectivity index (χ0) is 19.5. The zero-order valence-corrected chi connectivity index (χ0v) is 15.4. The summed E-state index contributed by atoms with van der Waals surface area (Å²) in [5.74, 6) is -0.0499. The Morgan fingerprint density at radius 1 is 1.46 bits per heavy atom. The topological polar surface area (TPSA) is 94.8 Å². The van der Waals surface area contributed by atoms with Crippen LogP contribution in [0.4, 0.5) is 10.5 Å². The molecule has 2 heterocycles. The molecular weight excluding hydrogens is 338 g/mol. The Labute approximate surface area is 152 Å². The number of carbonyl (C=O) groups excluding carboxylic acids is 1. The summed E-state index contributed by atoms with van der Waals surface area (Å²) in [7, 11) is 1.34. The molecule has 0 N–H and O–H groups in total. The fraction of sp³-hybridized carbons (Fsp3) is 0.444. The SMILES string of the molecule is C=Cc1cc([N+](=O)[O-])c(OC)nc1C1=CCN(C(=O)OC(C)(C)C)CC1. The number of hydrogen-bond acceptors (Lipinski definition) is 6. The third kappa shape index (κ3) is 4.38. The predicted octanol–water partition coefficient (Wildman–Crippen LogP) is 3.67. The molecule has 0 saturated carbocycles. The van der Waals surface area contributed by atoms with E-state index in [4.69, 9.17) is 9.47 Å². The standard InChI is InChI=1S/C18H23N3O5/c1-6-12-11-14(21(23)24)16(25-5)19-15(12)13-7-9-20(10-8-13)17(22)26-18(2,3)4/h6-7,11H,1,8-10H2,2-5H3. The van der Waals surface area contributed by atoms with Gasteiger partial charge in [0.2, 0.25) is 0 Å². The molecule has 0 aliphatic carbocycles. The van der Waals surface area contributed by atoms with Gasteiger partial charge in [-0.15, -0.1) is 0 Å². The van der Waals surface area contributed by atoms with Crippen LogP contribution in [0.1, 0.15) is 38.4 Å². The van der Waals surface area contributed by atoms with E-state index in [1.807, 2.05) is 26.8 Å². The van der Waals surface area contributed by atoms with Crippen LogP contribution < -0.4 is 4.74 Å². The van der Waals surface area contributed by atoms with E-state index < -0.39 is 10.5 Å². The summed E-state index contributed by atoms with van der Waals surface area (Å²) >= 11 is 0. The van der Waals surface area contributed by atoms with Gasteiger partial charge in [0, 0.05) is 24.7 Å². The summed E-state index contributed by atoms with van der Waals surface area (Å²) in [5.41, 5.74) is 1.25. The smallest absolute Gasteiger partial charge is 0.410 e. The van der Waals surface area contributed by atoms with Crippen molar-refractivity contribution in [3.63, 3.8) is 0 Å². The number of nitrogens with zero attached hydrogens (tertiary/aromatic N) is 3. The van der Waals surface area contributed by atoms with Crippen LogP contribution in [0, 0.1) is 10.1 Å². The lowest BCUT2D eigenvalue weighted by Gasteiger charge is -2.29. The van der Waals surface area contributed by atoms with Crippen molar-refractivity contribution in [3.05, 3.63) is 40.1 Å². The number of carbonyl (C=O) groups is 1. The first-order valence-corrected chi connectivity index (χ1v) is 8.19. The number of aromatic nitrogens is 1. The van der Waals surface area contributed by atoms with E-state index in [0.29, 0.717) is 30.8 Å². The molecule has 26 heavy (non-hydrogen) atoms. The molecule has 0 fully saturated rings. The molecule has 1 amide bonds. The summed E-state index contributed by atoms with van der Waals surface area (Å²) in [4.78, 5) is 28.7. The van der Waals surface area contributed by atoms with Crippen molar-refractivity contribution < 1.29 is 19.2 Å². The molecule has 1 aromatic rings. The van der Waals surface area contributed by atoms with Crippen molar-refractivity contribution in [3.8, 4) is 5.88 Å². The maximum Gasteiger partial charge on any atom is 0.410 e. The van der Waals surface area contributed by atoms with Gasteiger partial charge < -0.3 is 14.4 Å². The molecule has 0 bridgehead atoms. The van der Waals surface area contributed by atoms with E-state index >= 15 is 0 Å². The van der Waals surface area contributed by atoms with Crippen molar-refractivity contribution >= 4 is 23.4 Å². The minimum atomic E-state index is -0.551. The number of pyridine rings is 1. The summed E-state index contributed by atoms with van der Waals surface area (Å²) in [6, 6.07) is 1.40. The predicted molar refractivity (Wildman–Crippen MR) is 97.9 cm³/mol. The molecule has 0 unspecified atom stereocenters. The Morgan fingerprint density at radius 2 is 2.15 bits per heavy atom. The molecule has 140 valence electrons. The molecular formula is C18H23N3O5. The molecule has 2 rings (SSSR count). The van der Waals surface area contributed by atoms with E-state index in [-0.39, 0.29) is 17.7 Å². The number of methoxy groups -OCH3 is 1. The number of amides is 1. The van der Waals surface area contributed by atoms with Crippen LogP contribution in [0.15, 0.2) is 18.7 Å². The summed E-state index contributed by atoms with van der Waals surface area (Å²) in [6.07, 6.45) is 3.57. The van der Waals surface area contributed by atoms with Crippen molar-refractivity contribution in [2.75, 3.05) is 20.2 Å². The molecule has 0 spiro atoms. The lowest BCUT2D eigenvalue weighted by atomic mass is 9.99. The van der Waals surface area contributed by atoms with Gasteiger partial charge in [-0.25, -0.2) is 9.78 Å². The first-order chi connectivity index (χ1) is 12.2. The highest BCUT2D eigenvalue weighted by Gasteiger charge is 2.26. The normalized spacial score (nSPS) is 14.5. The van der Waals surface area contributed by atoms with Gasteiger partial charge in [-0.2, -0.15) is 0 Å². The van der Waals surface area contributed by atoms with Crippen molar-refractivity contribution in [1.29, 1.82) is 0 Å². The van der Waals surface area contributed by atoms with E-state index in [1.54, 1.807) is 4.90 Å². The van der Waals surface area contributed by atoms with Crippen LogP contribution >= 0.6 is 0 Å². The zero-order valence-electron chi connectivity index (χ0n) is 15.4. The molecule has 0 saturated heterocycles.